The van der Waals surface area contributed by atoms with Crippen molar-refractivity contribution in [1.82, 2.24) is 0 Å². The Morgan fingerprint density at radius 3 is 1.13 bits per heavy atom. The Morgan fingerprint density at radius 2 is 0.673 bits per heavy atom. The molecule has 0 saturated carbocycles. The zero-order valence-corrected chi connectivity index (χ0v) is 28.9. The van der Waals surface area contributed by atoms with Crippen LogP contribution in [-0.4, -0.2) is 0 Å². The molecule has 0 N–H and O–H groups in total. The van der Waals surface area contributed by atoms with E-state index in [1.165, 1.54) is 50.1 Å². The second-order valence-electron chi connectivity index (χ2n) is 13.8. The van der Waals surface area contributed by atoms with Gasteiger partial charge in [-0.15, -0.1) is 0 Å². The van der Waals surface area contributed by atoms with Crippen LogP contribution in [0.25, 0.3) is 22.3 Å². The minimum Gasteiger partial charge on any atom is -0.310 e. The summed E-state index contributed by atoms with van der Waals surface area (Å²) in [5, 5.41) is 0. The first kappa shape index (κ1) is 30.2. The molecule has 0 bridgehead atoms. The monoisotopic (exact) mass is 664 g/mol. The van der Waals surface area contributed by atoms with E-state index in [1.54, 1.807) is 0 Å². The predicted molar refractivity (Wildman–Crippen MR) is 217 cm³/mol. The molecule has 8 aromatic carbocycles. The molecule has 0 unspecified atom stereocenters. The largest absolute Gasteiger partial charge is 0.310 e. The molecule has 1 spiro atoms. The van der Waals surface area contributed by atoms with Crippen LogP contribution in [0.5, 0.6) is 0 Å². The Kier molecular flexibility index (Phi) is 6.97. The zero-order valence-electron chi connectivity index (χ0n) is 28.9. The molecule has 2 heteroatoms. The lowest BCUT2D eigenvalue weighted by Gasteiger charge is -2.33. The minimum atomic E-state index is -0.506. The van der Waals surface area contributed by atoms with E-state index in [0.717, 1.165) is 34.1 Å². The van der Waals surface area contributed by atoms with Crippen LogP contribution in [0.15, 0.2) is 200 Å². The van der Waals surface area contributed by atoms with E-state index >= 15 is 0 Å². The van der Waals surface area contributed by atoms with E-state index in [4.69, 9.17) is 0 Å². The van der Waals surface area contributed by atoms with Crippen molar-refractivity contribution in [2.45, 2.75) is 12.3 Å². The maximum absolute atomic E-state index is 2.47. The number of aryl methyl sites for hydroxylation is 1. The van der Waals surface area contributed by atoms with Gasteiger partial charge in [0.25, 0.3) is 0 Å². The van der Waals surface area contributed by atoms with Gasteiger partial charge < -0.3 is 9.80 Å². The smallest absolute Gasteiger partial charge is 0.0727 e. The molecule has 0 heterocycles. The summed E-state index contributed by atoms with van der Waals surface area (Å²) < 4.78 is 0. The first-order valence-corrected chi connectivity index (χ1v) is 18.0. The highest BCUT2D eigenvalue weighted by atomic mass is 15.1. The van der Waals surface area contributed by atoms with Crippen molar-refractivity contribution in [3.8, 4) is 22.3 Å². The van der Waals surface area contributed by atoms with Crippen LogP contribution in [0.3, 0.4) is 0 Å². The van der Waals surface area contributed by atoms with Gasteiger partial charge in [-0.25, -0.2) is 0 Å². The van der Waals surface area contributed by atoms with Gasteiger partial charge in [0.05, 0.1) is 5.41 Å². The molecule has 2 nitrogen and oxygen atoms in total. The standard InChI is InChI=1S/C50H36N2/c1-35-26-31-47-45(32-35)42-24-14-15-25-46(42)50(47)48-33-40(51(36-16-6-2-7-17-36)37-18-8-3-9-19-37)27-29-43(48)44-30-28-41(34-49(44)50)52(38-20-10-4-11-21-38)39-22-12-5-13-23-39/h2-34H,1H3. The fraction of sp³-hybridized carbons (Fsp3) is 0.0400. The van der Waals surface area contributed by atoms with E-state index < -0.39 is 5.41 Å². The third kappa shape index (κ3) is 4.51. The summed E-state index contributed by atoms with van der Waals surface area (Å²) in [5.74, 6) is 0. The lowest BCUT2D eigenvalue weighted by atomic mass is 9.70. The molecule has 0 radical (unpaired) electrons. The van der Waals surface area contributed by atoms with Gasteiger partial charge in [0.15, 0.2) is 0 Å². The normalized spacial score (nSPS) is 12.9. The Morgan fingerprint density at radius 1 is 0.288 bits per heavy atom. The summed E-state index contributed by atoms with van der Waals surface area (Å²) in [5.41, 5.74) is 18.0. The number of benzene rings is 8. The van der Waals surface area contributed by atoms with Crippen LogP contribution < -0.4 is 9.80 Å². The Labute approximate surface area is 305 Å². The summed E-state index contributed by atoms with van der Waals surface area (Å²) in [6, 6.07) is 73.2. The third-order valence-corrected chi connectivity index (χ3v) is 10.9. The Balaban J connectivity index is 1.27. The van der Waals surface area contributed by atoms with Crippen molar-refractivity contribution in [2.24, 2.45) is 0 Å². The van der Waals surface area contributed by atoms with Gasteiger partial charge in [-0.3, -0.25) is 0 Å². The number of rotatable bonds is 6. The number of para-hydroxylation sites is 4. The van der Waals surface area contributed by atoms with Crippen LogP contribution >= 0.6 is 0 Å². The van der Waals surface area contributed by atoms with Crippen molar-refractivity contribution in [2.75, 3.05) is 9.80 Å². The van der Waals surface area contributed by atoms with Crippen LogP contribution in [0.1, 0.15) is 27.8 Å². The number of hydrogen-bond donors (Lipinski definition) is 0. The van der Waals surface area contributed by atoms with Gasteiger partial charge in [-0.1, -0.05) is 133 Å². The third-order valence-electron chi connectivity index (χ3n) is 10.9. The molecule has 2 aliphatic carbocycles. The molecule has 0 aromatic heterocycles. The number of fused-ring (bicyclic) bond motifs is 10. The maximum Gasteiger partial charge on any atom is 0.0727 e. The first-order chi connectivity index (χ1) is 25.7. The highest BCUT2D eigenvalue weighted by Gasteiger charge is 2.52. The first-order valence-electron chi connectivity index (χ1n) is 18.0. The average molecular weight is 665 g/mol. The highest BCUT2D eigenvalue weighted by molar-refractivity contribution is 5.97. The lowest BCUT2D eigenvalue weighted by Crippen LogP contribution is -2.26. The summed E-state index contributed by atoms with van der Waals surface area (Å²) >= 11 is 0. The van der Waals surface area contributed by atoms with Gasteiger partial charge in [0, 0.05) is 34.1 Å². The summed E-state index contributed by atoms with van der Waals surface area (Å²) in [6.45, 7) is 2.20. The molecule has 0 fully saturated rings. The topological polar surface area (TPSA) is 6.48 Å². The molecule has 8 aromatic rings. The van der Waals surface area contributed by atoms with Gasteiger partial charge in [-0.05, 0) is 124 Å². The van der Waals surface area contributed by atoms with E-state index in [0.29, 0.717) is 0 Å². The van der Waals surface area contributed by atoms with Gasteiger partial charge in [0.2, 0.25) is 0 Å². The molecular weight excluding hydrogens is 629 g/mol. The zero-order chi connectivity index (χ0) is 34.6. The number of anilines is 6. The summed E-state index contributed by atoms with van der Waals surface area (Å²) in [6.07, 6.45) is 0. The van der Waals surface area contributed by atoms with Gasteiger partial charge >= 0.3 is 0 Å². The molecule has 246 valence electrons. The molecule has 0 aliphatic heterocycles. The average Bonchev–Trinajstić information content (AvgIpc) is 3.66. The van der Waals surface area contributed by atoms with Crippen molar-refractivity contribution < 1.29 is 0 Å². The summed E-state index contributed by atoms with van der Waals surface area (Å²) in [7, 11) is 0. The Hall–Kier alpha value is -6.64. The second kappa shape index (κ2) is 12.0. The minimum absolute atomic E-state index is 0.506. The van der Waals surface area contributed by atoms with Crippen LogP contribution in [0.2, 0.25) is 0 Å². The molecule has 2 aliphatic rings. The van der Waals surface area contributed by atoms with Crippen molar-refractivity contribution in [3.05, 3.63) is 228 Å². The van der Waals surface area contributed by atoms with Crippen LogP contribution in [0.4, 0.5) is 34.1 Å². The number of nitrogens with zero attached hydrogens (tertiary/aromatic N) is 2. The van der Waals surface area contributed by atoms with E-state index in [-0.39, 0.29) is 0 Å². The maximum atomic E-state index is 2.47. The van der Waals surface area contributed by atoms with Gasteiger partial charge in [-0.2, -0.15) is 0 Å². The summed E-state index contributed by atoms with van der Waals surface area (Å²) in [4.78, 5) is 4.76. The van der Waals surface area contributed by atoms with E-state index in [1.807, 2.05) is 0 Å². The van der Waals surface area contributed by atoms with Crippen molar-refractivity contribution in [1.29, 1.82) is 0 Å². The fourth-order valence-electron chi connectivity index (χ4n) is 8.76. The Bertz CT molecular complexity index is 2370. The lowest BCUT2D eigenvalue weighted by molar-refractivity contribution is 0.793. The van der Waals surface area contributed by atoms with Crippen molar-refractivity contribution >= 4 is 34.1 Å². The fourth-order valence-corrected chi connectivity index (χ4v) is 8.76. The molecule has 0 atom stereocenters. The quantitative estimate of drug-likeness (QED) is 0.175. The molecule has 0 saturated heterocycles. The van der Waals surface area contributed by atoms with Gasteiger partial charge in [0.1, 0.15) is 0 Å². The highest BCUT2D eigenvalue weighted by Crippen LogP contribution is 2.64. The molecular formula is C50H36N2. The number of hydrogen-bond acceptors (Lipinski definition) is 2. The molecule has 0 amide bonds. The molecule has 52 heavy (non-hydrogen) atoms. The van der Waals surface area contributed by atoms with E-state index in [9.17, 15) is 0 Å². The SMILES string of the molecule is Cc1ccc2c(c1)-c1ccccc1C21c2cc(N(c3ccccc3)c3ccccc3)ccc2-c2ccc(N(c3ccccc3)c3ccccc3)cc21. The van der Waals surface area contributed by atoms with Crippen LogP contribution in [-0.2, 0) is 5.41 Å². The second-order valence-corrected chi connectivity index (χ2v) is 13.8. The molecule has 10 rings (SSSR count). The predicted octanol–water partition coefficient (Wildman–Crippen LogP) is 13.3. The van der Waals surface area contributed by atoms with Crippen molar-refractivity contribution in [3.63, 3.8) is 0 Å². The van der Waals surface area contributed by atoms with Crippen LogP contribution in [0, 0.1) is 6.92 Å². The van der Waals surface area contributed by atoms with E-state index in [2.05, 4.69) is 217 Å².